The monoisotopic (exact) mass is 1580 g/mol. The Morgan fingerprint density at radius 2 is 0.722 bits per heavy atom. The summed E-state index contributed by atoms with van der Waals surface area (Å²) in [4.78, 5) is 9.04. The Bertz CT molecular complexity index is 5290. The van der Waals surface area contributed by atoms with E-state index in [-0.39, 0.29) is 32.2 Å². The first kappa shape index (κ1) is 77.9. The molecular formula is C103H99BIrN3-. The van der Waals surface area contributed by atoms with Crippen molar-refractivity contribution < 1.29 is 20.1 Å². The van der Waals surface area contributed by atoms with Crippen LogP contribution in [0.3, 0.4) is 0 Å². The Labute approximate surface area is 658 Å². The summed E-state index contributed by atoms with van der Waals surface area (Å²) in [6.45, 7) is 41.4. The van der Waals surface area contributed by atoms with Crippen molar-refractivity contribution in [3.63, 3.8) is 0 Å². The number of nitrogens with zero attached hydrogens (tertiary/aromatic N) is 3. The predicted octanol–water partition coefficient (Wildman–Crippen LogP) is 26.3. The van der Waals surface area contributed by atoms with Gasteiger partial charge in [0.1, 0.15) is 0 Å². The molecule has 539 valence electrons. The van der Waals surface area contributed by atoms with Crippen LogP contribution in [0.1, 0.15) is 104 Å². The first-order valence-corrected chi connectivity index (χ1v) is 37.4. The summed E-state index contributed by atoms with van der Waals surface area (Å²) >= 11 is 0. The third-order valence-electron chi connectivity index (χ3n) is 20.7. The largest absolute Gasteiger partial charge is 0.310 e. The smallest absolute Gasteiger partial charge is 0.243 e. The van der Waals surface area contributed by atoms with Gasteiger partial charge in [-0.3, -0.25) is 0 Å². The van der Waals surface area contributed by atoms with Crippen molar-refractivity contribution in [3.8, 4) is 55.8 Å². The standard InChI is InChI=1S/C44H41B.C44H42N2.C15H16N.Ir/c1-8-35-19-21-38(22-20-35)41-27-33(6)44(34(7)28-41)45(42-29(2)23-39(24-30(42)3)36-15-11-9-12-16-36)43-31(4)25-40(26-32(43)5)37-17-13-10-14-18-37;1-8-36-18-21-42(29-33(36)5)46(41-17-11-14-32(4)26-41)44-23-20-38(28-35(44)7)37-19-22-43(34(6)27-37)45(39-15-9-12-30(2)24-39)40-16-10-13-31(3)25-40;1-15(2,3)13-9-7-12(8-10-13)14-6-4-5-11-16-14;/h8-28H,1H2,2-7H3;8-29H,1H2,2-7H3;4-7,9-11H,1-3H3;/q;;-1;. The zero-order valence-corrected chi connectivity index (χ0v) is 67.9. The van der Waals surface area contributed by atoms with Gasteiger partial charge in [0.15, 0.2) is 0 Å². The molecule has 13 aromatic carbocycles. The van der Waals surface area contributed by atoms with Gasteiger partial charge in [0, 0.05) is 60.4 Å². The van der Waals surface area contributed by atoms with Gasteiger partial charge in [0.05, 0.1) is 0 Å². The molecule has 0 amide bonds. The van der Waals surface area contributed by atoms with Gasteiger partial charge in [-0.05, 0) is 262 Å². The van der Waals surface area contributed by atoms with Gasteiger partial charge in [-0.25, -0.2) is 0 Å². The average molecular weight is 1580 g/mol. The topological polar surface area (TPSA) is 19.4 Å². The van der Waals surface area contributed by atoms with E-state index in [0.29, 0.717) is 0 Å². The number of aromatic nitrogens is 1. The summed E-state index contributed by atoms with van der Waals surface area (Å²) in [5.41, 5.74) is 42.2. The van der Waals surface area contributed by atoms with Crippen LogP contribution < -0.4 is 26.2 Å². The maximum absolute atomic E-state index is 4.31. The Kier molecular flexibility index (Phi) is 24.9. The zero-order valence-electron chi connectivity index (χ0n) is 65.5. The molecule has 0 aliphatic carbocycles. The van der Waals surface area contributed by atoms with Crippen molar-refractivity contribution in [1.82, 2.24) is 4.98 Å². The SMILES string of the molecule is C=Cc1ccc(-c2cc(C)c(B(c3c(C)cc(-c4ccccc4)cc3C)c3c(C)cc(-c4ccccc4)cc3C)c(C)c2)cc1.C=Cc1ccc(N(c2cccc(C)c2)c2ccc(-c3ccc(N(c4cccc(C)c4)c4cccc(C)c4)c(C)c3)cc2C)cc1C.CC(C)(C)c1c[c-]c(-c2ccccn2)cc1.[Ir]. The summed E-state index contributed by atoms with van der Waals surface area (Å²) in [7, 11) is 0. The first-order valence-electron chi connectivity index (χ1n) is 37.4. The fourth-order valence-electron chi connectivity index (χ4n) is 15.2. The number of hydrogen-bond donors (Lipinski definition) is 0. The molecule has 5 heteroatoms. The molecule has 0 spiro atoms. The van der Waals surface area contributed by atoms with E-state index in [0.717, 1.165) is 45.1 Å². The van der Waals surface area contributed by atoms with E-state index in [1.54, 1.807) is 6.20 Å². The second-order valence-electron chi connectivity index (χ2n) is 30.0. The van der Waals surface area contributed by atoms with Crippen LogP contribution in [0.2, 0.25) is 0 Å². The molecule has 14 aromatic rings. The third kappa shape index (κ3) is 17.9. The van der Waals surface area contributed by atoms with Gasteiger partial charge < -0.3 is 14.8 Å². The fourth-order valence-corrected chi connectivity index (χ4v) is 15.2. The van der Waals surface area contributed by atoms with Crippen LogP contribution in [0.5, 0.6) is 0 Å². The second-order valence-corrected chi connectivity index (χ2v) is 30.0. The molecular weight excluding hydrogens is 1480 g/mol. The predicted molar refractivity (Wildman–Crippen MR) is 466 cm³/mol. The van der Waals surface area contributed by atoms with E-state index >= 15 is 0 Å². The normalized spacial score (nSPS) is 10.9. The number of rotatable bonds is 16. The molecule has 1 radical (unpaired) electrons. The summed E-state index contributed by atoms with van der Waals surface area (Å²) in [5.74, 6) is 0. The van der Waals surface area contributed by atoms with Gasteiger partial charge in [0.2, 0.25) is 6.71 Å². The maximum Gasteiger partial charge on any atom is 0.243 e. The molecule has 0 saturated heterocycles. The quantitative estimate of drug-likeness (QED) is 0.0710. The van der Waals surface area contributed by atoms with Gasteiger partial charge in [-0.2, -0.15) is 0 Å². The summed E-state index contributed by atoms with van der Waals surface area (Å²) in [5, 5.41) is 0. The maximum atomic E-state index is 4.31. The molecule has 1 heterocycles. The number of benzene rings is 13. The van der Waals surface area contributed by atoms with Gasteiger partial charge in [0.25, 0.3) is 0 Å². The van der Waals surface area contributed by atoms with Crippen molar-refractivity contribution in [2.24, 2.45) is 0 Å². The van der Waals surface area contributed by atoms with Crippen LogP contribution in [0.15, 0.2) is 304 Å². The molecule has 0 atom stereocenters. The Balaban J connectivity index is 0.000000177. The van der Waals surface area contributed by atoms with E-state index in [4.69, 9.17) is 0 Å². The second kappa shape index (κ2) is 34.6. The molecule has 0 aliphatic heterocycles. The minimum absolute atomic E-state index is 0. The average Bonchev–Trinajstić information content (AvgIpc) is 0.750. The number of anilines is 6. The Hall–Kier alpha value is -11.2. The van der Waals surface area contributed by atoms with E-state index in [2.05, 4.69) is 405 Å². The van der Waals surface area contributed by atoms with Crippen LogP contribution in [-0.4, -0.2) is 11.7 Å². The van der Waals surface area contributed by atoms with E-state index in [1.165, 1.54) is 145 Å². The summed E-state index contributed by atoms with van der Waals surface area (Å²) in [6.07, 6.45) is 5.63. The Morgan fingerprint density at radius 1 is 0.333 bits per heavy atom. The molecule has 0 fully saturated rings. The molecule has 1 aromatic heterocycles. The van der Waals surface area contributed by atoms with Crippen LogP contribution in [0.4, 0.5) is 34.1 Å². The van der Waals surface area contributed by atoms with Crippen molar-refractivity contribution in [2.45, 2.75) is 109 Å². The van der Waals surface area contributed by atoms with Crippen LogP contribution in [0.25, 0.3) is 67.9 Å². The number of pyridine rings is 1. The molecule has 14 rings (SSSR count). The van der Waals surface area contributed by atoms with Crippen LogP contribution in [-0.2, 0) is 25.5 Å². The number of hydrogen-bond acceptors (Lipinski definition) is 3. The Morgan fingerprint density at radius 3 is 1.06 bits per heavy atom. The van der Waals surface area contributed by atoms with Gasteiger partial charge >= 0.3 is 0 Å². The summed E-state index contributed by atoms with van der Waals surface area (Å²) < 4.78 is 0. The summed E-state index contributed by atoms with van der Waals surface area (Å²) in [6, 6.07) is 106. The molecule has 0 aliphatic rings. The molecule has 0 bridgehead atoms. The van der Waals surface area contributed by atoms with Crippen molar-refractivity contribution in [2.75, 3.05) is 9.80 Å². The van der Waals surface area contributed by atoms with Gasteiger partial charge in [-0.1, -0.05) is 284 Å². The van der Waals surface area contributed by atoms with Crippen molar-refractivity contribution >= 4 is 69.4 Å². The van der Waals surface area contributed by atoms with E-state index in [1.807, 2.05) is 30.4 Å². The molecule has 3 nitrogen and oxygen atoms in total. The van der Waals surface area contributed by atoms with E-state index < -0.39 is 0 Å². The third-order valence-corrected chi connectivity index (χ3v) is 20.7. The van der Waals surface area contributed by atoms with Gasteiger partial charge in [-0.15, -0.1) is 35.4 Å². The zero-order chi connectivity index (χ0) is 75.6. The fraction of sp³-hybridized carbons (Fsp3) is 0.155. The molecule has 0 N–H and O–H groups in total. The molecule has 108 heavy (non-hydrogen) atoms. The minimum atomic E-state index is 0. The molecule has 0 saturated carbocycles. The number of aryl methyl sites for hydroxylation is 12. The van der Waals surface area contributed by atoms with E-state index in [9.17, 15) is 0 Å². The van der Waals surface area contributed by atoms with Crippen LogP contribution >= 0.6 is 0 Å². The first-order chi connectivity index (χ1) is 51.5. The minimum Gasteiger partial charge on any atom is -0.310 e. The van der Waals surface area contributed by atoms with Crippen molar-refractivity contribution in [1.29, 1.82) is 0 Å². The molecule has 0 unspecified atom stereocenters. The van der Waals surface area contributed by atoms with Crippen molar-refractivity contribution in [3.05, 3.63) is 394 Å². The van der Waals surface area contributed by atoms with Crippen LogP contribution in [0, 0.1) is 89.2 Å².